The summed E-state index contributed by atoms with van der Waals surface area (Å²) in [6.07, 6.45) is 0.909. The number of aromatic nitrogens is 1. The van der Waals surface area contributed by atoms with Crippen LogP contribution in [0.5, 0.6) is 0 Å². The number of benzene rings is 1. The van der Waals surface area contributed by atoms with Gasteiger partial charge in [0.05, 0.1) is 0 Å². The average molecular weight is 336 g/mol. The summed E-state index contributed by atoms with van der Waals surface area (Å²) in [5, 5.41) is 15.4. The van der Waals surface area contributed by atoms with Crippen molar-refractivity contribution in [2.24, 2.45) is 7.05 Å². The van der Waals surface area contributed by atoms with E-state index in [2.05, 4.69) is 10.6 Å². The lowest BCUT2D eigenvalue weighted by atomic mass is 10.2. The van der Waals surface area contributed by atoms with Crippen LogP contribution in [-0.2, 0) is 23.2 Å². The van der Waals surface area contributed by atoms with Crippen molar-refractivity contribution >= 4 is 23.4 Å². The molecule has 0 saturated carbocycles. The van der Waals surface area contributed by atoms with Crippen molar-refractivity contribution in [3.05, 3.63) is 58.9 Å². The van der Waals surface area contributed by atoms with Crippen LogP contribution in [0.4, 0.5) is 0 Å². The molecule has 0 bridgehead atoms. The smallest absolute Gasteiger partial charge is 0.309 e. The van der Waals surface area contributed by atoms with E-state index < -0.39 is 17.9 Å². The summed E-state index contributed by atoms with van der Waals surface area (Å²) in [4.78, 5) is 23.5. The van der Waals surface area contributed by atoms with Gasteiger partial charge in [0.15, 0.2) is 0 Å². The van der Waals surface area contributed by atoms with Gasteiger partial charge in [-0.3, -0.25) is 9.59 Å². The zero-order valence-corrected chi connectivity index (χ0v) is 13.4. The molecule has 0 aliphatic heterocycles. The Morgan fingerprint density at radius 2 is 1.87 bits per heavy atom. The van der Waals surface area contributed by atoms with Gasteiger partial charge in [-0.15, -0.1) is 0 Å². The molecule has 1 aromatic heterocycles. The van der Waals surface area contributed by atoms with Gasteiger partial charge in [-0.05, 0) is 23.8 Å². The normalized spacial score (nSPS) is 11.8. The van der Waals surface area contributed by atoms with E-state index in [1.807, 2.05) is 0 Å². The first-order chi connectivity index (χ1) is 11.0. The molecule has 1 heterocycles. The van der Waals surface area contributed by atoms with E-state index in [1.54, 1.807) is 54.2 Å². The van der Waals surface area contributed by atoms with Crippen LogP contribution in [0.1, 0.15) is 17.4 Å². The topological polar surface area (TPSA) is 83.4 Å². The third-order valence-corrected chi connectivity index (χ3v) is 3.75. The highest BCUT2D eigenvalue weighted by atomic mass is 35.5. The highest BCUT2D eigenvalue weighted by Gasteiger charge is 2.16. The molecule has 7 heteroatoms. The molecule has 3 N–H and O–H groups in total. The molecule has 6 nitrogen and oxygen atoms in total. The Hall–Kier alpha value is -2.31. The zero-order valence-electron chi connectivity index (χ0n) is 12.6. The van der Waals surface area contributed by atoms with E-state index in [0.717, 1.165) is 5.56 Å². The van der Waals surface area contributed by atoms with Gasteiger partial charge < -0.3 is 20.3 Å². The van der Waals surface area contributed by atoms with E-state index in [1.165, 1.54) is 0 Å². The van der Waals surface area contributed by atoms with Crippen LogP contribution in [-0.4, -0.2) is 28.0 Å². The number of aliphatic hydroxyl groups excluding tert-OH is 1. The number of hydrogen-bond acceptors (Lipinski definition) is 3. The molecule has 23 heavy (non-hydrogen) atoms. The minimum Gasteiger partial charge on any atom is -0.385 e. The SMILES string of the molecule is Cn1cccc1C(O)CNC(=O)C(=O)NCc1ccccc1Cl. The van der Waals surface area contributed by atoms with Gasteiger partial charge in [0.1, 0.15) is 6.10 Å². The molecule has 0 aliphatic rings. The number of halogens is 1. The molecule has 0 saturated heterocycles. The third kappa shape index (κ3) is 4.58. The first-order valence-corrected chi connectivity index (χ1v) is 7.45. The van der Waals surface area contributed by atoms with Gasteiger partial charge in [0, 0.05) is 37.1 Å². The van der Waals surface area contributed by atoms with Crippen molar-refractivity contribution < 1.29 is 14.7 Å². The molecule has 0 spiro atoms. The Bertz CT molecular complexity index is 699. The summed E-state index contributed by atoms with van der Waals surface area (Å²) in [6.45, 7) is 0.114. The fourth-order valence-electron chi connectivity index (χ4n) is 2.09. The molecule has 2 amide bonds. The highest BCUT2D eigenvalue weighted by molar-refractivity contribution is 6.35. The minimum absolute atomic E-state index is 0.0454. The third-order valence-electron chi connectivity index (χ3n) is 3.38. The fourth-order valence-corrected chi connectivity index (χ4v) is 2.29. The van der Waals surface area contributed by atoms with Crippen molar-refractivity contribution in [2.75, 3.05) is 6.54 Å². The Morgan fingerprint density at radius 3 is 2.52 bits per heavy atom. The summed E-state index contributed by atoms with van der Waals surface area (Å²) in [5.74, 6) is -1.57. The van der Waals surface area contributed by atoms with E-state index in [-0.39, 0.29) is 13.1 Å². The van der Waals surface area contributed by atoms with E-state index in [9.17, 15) is 14.7 Å². The summed E-state index contributed by atoms with van der Waals surface area (Å²) >= 11 is 5.97. The number of nitrogens with zero attached hydrogens (tertiary/aromatic N) is 1. The molecule has 1 atom stereocenters. The monoisotopic (exact) mass is 335 g/mol. The van der Waals surface area contributed by atoms with Gasteiger partial charge in [0.25, 0.3) is 0 Å². The van der Waals surface area contributed by atoms with Gasteiger partial charge in [0.2, 0.25) is 0 Å². The first-order valence-electron chi connectivity index (χ1n) is 7.07. The number of aliphatic hydroxyl groups is 1. The maximum atomic E-state index is 11.7. The number of amides is 2. The second-order valence-corrected chi connectivity index (χ2v) is 5.45. The van der Waals surface area contributed by atoms with Crippen molar-refractivity contribution in [1.29, 1.82) is 0 Å². The van der Waals surface area contributed by atoms with Crippen LogP contribution in [0, 0.1) is 0 Å². The number of carbonyl (C=O) groups is 2. The molecule has 1 unspecified atom stereocenters. The zero-order chi connectivity index (χ0) is 16.8. The molecular weight excluding hydrogens is 318 g/mol. The lowest BCUT2D eigenvalue weighted by Gasteiger charge is -2.13. The predicted octanol–water partition coefficient (Wildman–Crippen LogP) is 1.14. The van der Waals surface area contributed by atoms with Crippen LogP contribution in [0.2, 0.25) is 5.02 Å². The second-order valence-electron chi connectivity index (χ2n) is 5.04. The van der Waals surface area contributed by atoms with E-state index in [0.29, 0.717) is 10.7 Å². The van der Waals surface area contributed by atoms with Gasteiger partial charge >= 0.3 is 11.8 Å². The number of aryl methyl sites for hydroxylation is 1. The van der Waals surface area contributed by atoms with Crippen molar-refractivity contribution in [1.82, 2.24) is 15.2 Å². The summed E-state index contributed by atoms with van der Waals surface area (Å²) < 4.78 is 1.74. The highest BCUT2D eigenvalue weighted by Crippen LogP contribution is 2.14. The van der Waals surface area contributed by atoms with Gasteiger partial charge in [-0.25, -0.2) is 0 Å². The molecule has 0 radical (unpaired) electrons. The van der Waals surface area contributed by atoms with Crippen LogP contribution in [0.25, 0.3) is 0 Å². The van der Waals surface area contributed by atoms with Crippen LogP contribution in [0.15, 0.2) is 42.6 Å². The molecule has 0 fully saturated rings. The number of hydrogen-bond donors (Lipinski definition) is 3. The van der Waals surface area contributed by atoms with Crippen LogP contribution < -0.4 is 10.6 Å². The summed E-state index contributed by atoms with van der Waals surface area (Å²) in [7, 11) is 1.79. The van der Waals surface area contributed by atoms with Gasteiger partial charge in [-0.2, -0.15) is 0 Å². The number of carbonyl (C=O) groups excluding carboxylic acids is 2. The molecular formula is C16H18ClN3O3. The molecule has 0 aliphatic carbocycles. The molecule has 1 aromatic carbocycles. The van der Waals surface area contributed by atoms with Crippen molar-refractivity contribution in [3.63, 3.8) is 0 Å². The Balaban J connectivity index is 1.80. The first kappa shape index (κ1) is 17.1. The maximum absolute atomic E-state index is 11.7. The summed E-state index contributed by atoms with van der Waals surface area (Å²) in [6, 6.07) is 10.6. The van der Waals surface area contributed by atoms with E-state index >= 15 is 0 Å². The quantitative estimate of drug-likeness (QED) is 0.717. The van der Waals surface area contributed by atoms with Crippen LogP contribution in [0.3, 0.4) is 0 Å². The summed E-state index contributed by atoms with van der Waals surface area (Å²) in [5.41, 5.74) is 1.38. The molecule has 2 aromatic rings. The number of nitrogens with one attached hydrogen (secondary N) is 2. The standard InChI is InChI=1S/C16H18ClN3O3/c1-20-8-4-7-13(20)14(21)10-19-16(23)15(22)18-9-11-5-2-3-6-12(11)17/h2-8,14,21H,9-10H2,1H3,(H,18,22)(H,19,23). The minimum atomic E-state index is -0.879. The maximum Gasteiger partial charge on any atom is 0.309 e. The molecule has 2 rings (SSSR count). The lowest BCUT2D eigenvalue weighted by Crippen LogP contribution is -2.41. The van der Waals surface area contributed by atoms with Gasteiger partial charge in [-0.1, -0.05) is 29.8 Å². The Labute approximate surface area is 139 Å². The largest absolute Gasteiger partial charge is 0.385 e. The second kappa shape index (κ2) is 7.80. The van der Waals surface area contributed by atoms with E-state index in [4.69, 9.17) is 11.6 Å². The Morgan fingerprint density at radius 1 is 1.17 bits per heavy atom. The van der Waals surface area contributed by atoms with Crippen molar-refractivity contribution in [2.45, 2.75) is 12.6 Å². The molecule has 122 valence electrons. The average Bonchev–Trinajstić information content (AvgIpc) is 2.97. The number of rotatable bonds is 5. The predicted molar refractivity (Wildman–Crippen MR) is 86.7 cm³/mol. The van der Waals surface area contributed by atoms with Crippen LogP contribution >= 0.6 is 11.6 Å². The Kier molecular flexibility index (Phi) is 5.78. The fraction of sp³-hybridized carbons (Fsp3) is 0.250. The lowest BCUT2D eigenvalue weighted by molar-refractivity contribution is -0.139. The van der Waals surface area contributed by atoms with Crippen molar-refractivity contribution in [3.8, 4) is 0 Å².